The Bertz CT molecular complexity index is 801. The summed E-state index contributed by atoms with van der Waals surface area (Å²) in [6, 6.07) is 5.30. The molecule has 2 aromatic heterocycles. The van der Waals surface area contributed by atoms with E-state index in [2.05, 4.69) is 20.3 Å². The minimum atomic E-state index is -0.384. The van der Waals surface area contributed by atoms with Crippen molar-refractivity contribution in [2.75, 3.05) is 20.6 Å². The van der Waals surface area contributed by atoms with Crippen LogP contribution in [0.5, 0.6) is 0 Å². The van der Waals surface area contributed by atoms with E-state index in [1.807, 2.05) is 0 Å². The Morgan fingerprint density at radius 3 is 2.67 bits per heavy atom. The lowest BCUT2D eigenvalue weighted by Gasteiger charge is -2.16. The summed E-state index contributed by atoms with van der Waals surface area (Å²) in [5.41, 5.74) is 0.904. The highest BCUT2D eigenvalue weighted by Gasteiger charge is 2.17. The van der Waals surface area contributed by atoms with Crippen LogP contribution < -0.4 is 10.9 Å². The van der Waals surface area contributed by atoms with Crippen LogP contribution in [0.15, 0.2) is 29.2 Å². The third kappa shape index (κ3) is 4.03. The maximum Gasteiger partial charge on any atom is 0.255 e. The van der Waals surface area contributed by atoms with Gasteiger partial charge in [0.25, 0.3) is 5.56 Å². The van der Waals surface area contributed by atoms with Crippen LogP contribution in [0.1, 0.15) is 11.3 Å². The zero-order valence-electron chi connectivity index (χ0n) is 13.8. The Kier molecular flexibility index (Phi) is 5.41. The van der Waals surface area contributed by atoms with Crippen molar-refractivity contribution in [3.63, 3.8) is 0 Å². The molecule has 24 heavy (non-hydrogen) atoms. The van der Waals surface area contributed by atoms with Crippen LogP contribution in [-0.4, -0.2) is 52.3 Å². The van der Waals surface area contributed by atoms with Gasteiger partial charge in [0.1, 0.15) is 5.69 Å². The number of amides is 2. The van der Waals surface area contributed by atoms with Crippen LogP contribution in [0.2, 0.25) is 0 Å². The fourth-order valence-electron chi connectivity index (χ4n) is 2.11. The molecule has 2 amide bonds. The molecule has 0 bridgehead atoms. The average molecular weight is 329 g/mol. The Morgan fingerprint density at radius 1 is 1.33 bits per heavy atom. The molecule has 8 nitrogen and oxygen atoms in total. The molecule has 0 saturated heterocycles. The fraction of sp³-hybridized carbons (Fsp3) is 0.312. The molecule has 0 spiro atoms. The number of H-pyrrole nitrogens is 1. The summed E-state index contributed by atoms with van der Waals surface area (Å²) >= 11 is 0. The van der Waals surface area contributed by atoms with E-state index in [-0.39, 0.29) is 35.9 Å². The molecule has 2 heterocycles. The standard InChI is InChI=1S/C16H19N5O3/c1-10-11(8-14(23)21(3)9-13(22)17-2)16(24)20-15(19-10)12-6-4-5-7-18-12/h4-7H,8-9H2,1-3H3,(H,17,22)(H,19,20,24). The summed E-state index contributed by atoms with van der Waals surface area (Å²) in [6.45, 7) is 1.61. The molecular weight excluding hydrogens is 310 g/mol. The largest absolute Gasteiger partial charge is 0.358 e. The van der Waals surface area contributed by atoms with Crippen molar-refractivity contribution in [2.24, 2.45) is 0 Å². The van der Waals surface area contributed by atoms with Crippen LogP contribution in [0, 0.1) is 6.92 Å². The molecule has 2 aromatic rings. The van der Waals surface area contributed by atoms with Gasteiger partial charge in [0, 0.05) is 31.5 Å². The maximum atomic E-state index is 12.3. The van der Waals surface area contributed by atoms with Gasteiger partial charge in [-0.25, -0.2) is 4.98 Å². The summed E-state index contributed by atoms with van der Waals surface area (Å²) in [5, 5.41) is 2.44. The number of carbonyl (C=O) groups excluding carboxylic acids is 2. The van der Waals surface area contributed by atoms with Gasteiger partial charge in [-0.15, -0.1) is 0 Å². The van der Waals surface area contributed by atoms with Crippen molar-refractivity contribution in [2.45, 2.75) is 13.3 Å². The van der Waals surface area contributed by atoms with Gasteiger partial charge >= 0.3 is 0 Å². The van der Waals surface area contributed by atoms with Crippen LogP contribution in [0.4, 0.5) is 0 Å². The normalized spacial score (nSPS) is 10.3. The number of hydrogen-bond acceptors (Lipinski definition) is 5. The smallest absolute Gasteiger partial charge is 0.255 e. The second kappa shape index (κ2) is 7.49. The highest BCUT2D eigenvalue weighted by atomic mass is 16.2. The third-order valence-electron chi connectivity index (χ3n) is 3.54. The first kappa shape index (κ1) is 17.3. The number of aryl methyl sites for hydroxylation is 1. The SMILES string of the molecule is CNC(=O)CN(C)C(=O)Cc1c(C)nc(-c2ccccn2)[nH]c1=O. The molecule has 2 N–H and O–H groups in total. The van der Waals surface area contributed by atoms with Crippen LogP contribution in [0.25, 0.3) is 11.5 Å². The van der Waals surface area contributed by atoms with Gasteiger partial charge in [-0.1, -0.05) is 6.07 Å². The molecule has 0 atom stereocenters. The Morgan fingerprint density at radius 2 is 2.08 bits per heavy atom. The first-order valence-corrected chi connectivity index (χ1v) is 7.38. The van der Waals surface area contributed by atoms with Gasteiger partial charge in [0.15, 0.2) is 5.82 Å². The molecule has 0 radical (unpaired) electrons. The van der Waals surface area contributed by atoms with E-state index in [1.54, 1.807) is 31.3 Å². The number of likely N-dealkylation sites (N-methyl/N-ethyl adjacent to an activating group) is 2. The quantitative estimate of drug-likeness (QED) is 0.795. The van der Waals surface area contributed by atoms with Crippen molar-refractivity contribution >= 4 is 11.8 Å². The Balaban J connectivity index is 2.22. The van der Waals surface area contributed by atoms with Gasteiger partial charge in [-0.05, 0) is 19.1 Å². The predicted octanol–water partition coefficient (Wildman–Crippen LogP) is -0.113. The van der Waals surface area contributed by atoms with E-state index in [1.165, 1.54) is 19.0 Å². The Labute approximate surface area is 138 Å². The number of pyridine rings is 1. The second-order valence-electron chi connectivity index (χ2n) is 5.29. The number of aromatic nitrogens is 3. The van der Waals surface area contributed by atoms with Crippen LogP contribution >= 0.6 is 0 Å². The highest BCUT2D eigenvalue weighted by molar-refractivity contribution is 5.85. The molecule has 0 aliphatic rings. The van der Waals surface area contributed by atoms with Crippen molar-refractivity contribution in [1.82, 2.24) is 25.2 Å². The number of hydrogen-bond donors (Lipinski definition) is 2. The predicted molar refractivity (Wildman–Crippen MR) is 88.2 cm³/mol. The first-order valence-electron chi connectivity index (χ1n) is 7.38. The summed E-state index contributed by atoms with van der Waals surface area (Å²) in [4.78, 5) is 48.2. The number of rotatable bonds is 5. The fourth-order valence-corrected chi connectivity index (χ4v) is 2.11. The summed E-state index contributed by atoms with van der Waals surface area (Å²) in [7, 11) is 3.01. The second-order valence-corrected chi connectivity index (χ2v) is 5.29. The van der Waals surface area contributed by atoms with Crippen molar-refractivity contribution < 1.29 is 9.59 Å². The topological polar surface area (TPSA) is 108 Å². The van der Waals surface area contributed by atoms with E-state index in [9.17, 15) is 14.4 Å². The zero-order valence-corrected chi connectivity index (χ0v) is 13.8. The van der Waals surface area contributed by atoms with Gasteiger partial charge < -0.3 is 15.2 Å². The number of nitrogens with one attached hydrogen (secondary N) is 2. The zero-order chi connectivity index (χ0) is 17.7. The van der Waals surface area contributed by atoms with E-state index in [0.29, 0.717) is 17.2 Å². The molecular formula is C16H19N5O3. The molecule has 0 aliphatic heterocycles. The van der Waals surface area contributed by atoms with E-state index < -0.39 is 0 Å². The lowest BCUT2D eigenvalue weighted by atomic mass is 10.1. The minimum Gasteiger partial charge on any atom is -0.358 e. The van der Waals surface area contributed by atoms with Crippen LogP contribution in [-0.2, 0) is 16.0 Å². The van der Waals surface area contributed by atoms with E-state index in [4.69, 9.17) is 0 Å². The lowest BCUT2D eigenvalue weighted by Crippen LogP contribution is -2.38. The number of aromatic amines is 1. The molecule has 0 fully saturated rings. The maximum absolute atomic E-state index is 12.3. The molecule has 2 rings (SSSR count). The monoisotopic (exact) mass is 329 g/mol. The summed E-state index contributed by atoms with van der Waals surface area (Å²) in [6.07, 6.45) is 1.49. The first-order chi connectivity index (χ1) is 11.4. The van der Waals surface area contributed by atoms with Gasteiger partial charge in [0.05, 0.1) is 13.0 Å². The molecule has 126 valence electrons. The van der Waals surface area contributed by atoms with Gasteiger partial charge in [-0.3, -0.25) is 19.4 Å². The average Bonchev–Trinajstić information content (AvgIpc) is 2.58. The molecule has 0 aliphatic carbocycles. The van der Waals surface area contributed by atoms with Crippen LogP contribution in [0.3, 0.4) is 0 Å². The molecule has 0 saturated carbocycles. The molecule has 8 heteroatoms. The lowest BCUT2D eigenvalue weighted by molar-refractivity contribution is -0.134. The number of nitrogens with zero attached hydrogens (tertiary/aromatic N) is 3. The highest BCUT2D eigenvalue weighted by Crippen LogP contribution is 2.11. The van der Waals surface area contributed by atoms with E-state index in [0.717, 1.165) is 0 Å². The van der Waals surface area contributed by atoms with Crippen molar-refractivity contribution in [1.29, 1.82) is 0 Å². The Hall–Kier alpha value is -3.03. The number of carbonyl (C=O) groups is 2. The minimum absolute atomic E-state index is 0.0638. The summed E-state index contributed by atoms with van der Waals surface area (Å²) < 4.78 is 0. The third-order valence-corrected chi connectivity index (χ3v) is 3.54. The molecule has 0 unspecified atom stereocenters. The van der Waals surface area contributed by atoms with E-state index >= 15 is 0 Å². The van der Waals surface area contributed by atoms with Crippen molar-refractivity contribution in [3.8, 4) is 11.5 Å². The van der Waals surface area contributed by atoms with Crippen molar-refractivity contribution in [3.05, 3.63) is 46.0 Å². The molecule has 0 aromatic carbocycles. The van der Waals surface area contributed by atoms with Gasteiger partial charge in [0.2, 0.25) is 11.8 Å². The summed E-state index contributed by atoms with van der Waals surface area (Å²) in [5.74, 6) is -0.257. The van der Waals surface area contributed by atoms with Gasteiger partial charge in [-0.2, -0.15) is 0 Å².